The van der Waals surface area contributed by atoms with Gasteiger partial charge in [-0.3, -0.25) is 0 Å². The van der Waals surface area contributed by atoms with Gasteiger partial charge < -0.3 is 4.74 Å². The van der Waals surface area contributed by atoms with Gasteiger partial charge in [0.1, 0.15) is 0 Å². The lowest BCUT2D eigenvalue weighted by molar-refractivity contribution is -0.138. The zero-order valence-corrected chi connectivity index (χ0v) is 13.5. The number of thioether (sulfide) groups is 2. The molecule has 0 bridgehead atoms. The number of hydrogen-bond donors (Lipinski definition) is 0. The molecule has 0 aromatic heterocycles. The fourth-order valence-electron chi connectivity index (χ4n) is 1.78. The molecule has 0 radical (unpaired) electrons. The van der Waals surface area contributed by atoms with E-state index in [4.69, 9.17) is 4.74 Å². The van der Waals surface area contributed by atoms with E-state index in [-0.39, 0.29) is 11.4 Å². The van der Waals surface area contributed by atoms with E-state index in [1.165, 1.54) is 17.9 Å². The van der Waals surface area contributed by atoms with Gasteiger partial charge in [-0.25, -0.2) is 4.79 Å². The van der Waals surface area contributed by atoms with Crippen LogP contribution in [0.1, 0.15) is 40.5 Å². The molecule has 0 aliphatic carbocycles. The molecule has 2 nitrogen and oxygen atoms in total. The average Bonchev–Trinajstić information content (AvgIpc) is 2.37. The van der Waals surface area contributed by atoms with E-state index in [0.29, 0.717) is 11.2 Å². The highest BCUT2D eigenvalue weighted by Gasteiger charge is 2.31. The van der Waals surface area contributed by atoms with Crippen LogP contribution in [0.4, 0.5) is 0 Å². The van der Waals surface area contributed by atoms with Crippen molar-refractivity contribution in [3.8, 4) is 0 Å². The van der Waals surface area contributed by atoms with Crippen molar-refractivity contribution < 1.29 is 9.53 Å². The molecule has 1 saturated heterocycles. The van der Waals surface area contributed by atoms with Crippen LogP contribution in [0.25, 0.3) is 0 Å². The summed E-state index contributed by atoms with van der Waals surface area (Å²) in [6, 6.07) is 0. The molecular weight excluding hydrogens is 264 g/mol. The van der Waals surface area contributed by atoms with Gasteiger partial charge >= 0.3 is 5.97 Å². The van der Waals surface area contributed by atoms with Crippen molar-refractivity contribution in [1.29, 1.82) is 0 Å². The first-order valence-corrected chi connectivity index (χ1v) is 8.64. The minimum absolute atomic E-state index is 0.183. The summed E-state index contributed by atoms with van der Waals surface area (Å²) >= 11 is 4.12. The van der Waals surface area contributed by atoms with Gasteiger partial charge in [0.05, 0.1) is 11.2 Å². The minimum Gasteiger partial charge on any atom is -0.463 e. The van der Waals surface area contributed by atoms with Gasteiger partial charge in [-0.15, -0.1) is 23.5 Å². The van der Waals surface area contributed by atoms with Crippen LogP contribution in [0.2, 0.25) is 0 Å². The van der Waals surface area contributed by atoms with E-state index in [9.17, 15) is 4.79 Å². The van der Waals surface area contributed by atoms with E-state index in [2.05, 4.69) is 37.4 Å². The first-order chi connectivity index (χ1) is 8.47. The van der Waals surface area contributed by atoms with Crippen molar-refractivity contribution >= 4 is 29.5 Å². The van der Waals surface area contributed by atoms with Gasteiger partial charge in [-0.2, -0.15) is 0 Å². The van der Waals surface area contributed by atoms with Crippen molar-refractivity contribution in [2.45, 2.75) is 45.1 Å². The van der Waals surface area contributed by atoms with Crippen molar-refractivity contribution in [2.24, 2.45) is 5.41 Å². The predicted molar refractivity (Wildman–Crippen MR) is 82.1 cm³/mol. The molecule has 4 heteroatoms. The largest absolute Gasteiger partial charge is 0.463 e. The molecule has 1 aliphatic heterocycles. The van der Waals surface area contributed by atoms with E-state index in [0.717, 1.165) is 12.0 Å². The number of ether oxygens (including phenoxy) is 1. The van der Waals surface area contributed by atoms with Crippen LogP contribution in [0.3, 0.4) is 0 Å². The van der Waals surface area contributed by atoms with Crippen LogP contribution in [-0.2, 0) is 9.53 Å². The predicted octanol–water partition coefficient (Wildman–Crippen LogP) is 4.11. The topological polar surface area (TPSA) is 26.3 Å². The van der Waals surface area contributed by atoms with Gasteiger partial charge in [0, 0.05) is 5.57 Å². The summed E-state index contributed by atoms with van der Waals surface area (Å²) in [5.74, 6) is 2.35. The lowest BCUT2D eigenvalue weighted by Gasteiger charge is -2.35. The fourth-order valence-corrected chi connectivity index (χ4v) is 5.07. The van der Waals surface area contributed by atoms with Crippen molar-refractivity contribution in [3.63, 3.8) is 0 Å². The zero-order chi connectivity index (χ0) is 13.6. The number of rotatable bonds is 5. The summed E-state index contributed by atoms with van der Waals surface area (Å²) < 4.78 is 5.63. The van der Waals surface area contributed by atoms with Crippen LogP contribution < -0.4 is 0 Å². The Kier molecular flexibility index (Phi) is 6.64. The second-order valence-electron chi connectivity index (χ2n) is 5.23. The lowest BCUT2D eigenvalue weighted by atomic mass is 9.90. The fraction of sp³-hybridized carbons (Fsp3) is 0.786. The van der Waals surface area contributed by atoms with Crippen molar-refractivity contribution in [3.05, 3.63) is 11.6 Å². The Morgan fingerprint density at radius 1 is 1.39 bits per heavy atom. The third-order valence-electron chi connectivity index (χ3n) is 3.00. The third kappa shape index (κ3) is 4.88. The van der Waals surface area contributed by atoms with Crippen LogP contribution >= 0.6 is 23.5 Å². The maximum Gasteiger partial charge on any atom is 0.333 e. The molecule has 0 saturated carbocycles. The Morgan fingerprint density at radius 3 is 2.56 bits per heavy atom. The quantitative estimate of drug-likeness (QED) is 0.562. The van der Waals surface area contributed by atoms with Crippen LogP contribution in [0.15, 0.2) is 11.6 Å². The Bertz CT molecular complexity index is 305. The Labute approximate surface area is 119 Å². The number of carbonyl (C=O) groups excluding carboxylic acids is 1. The van der Waals surface area contributed by atoms with Gasteiger partial charge in [0.2, 0.25) is 0 Å². The Hall–Kier alpha value is -0.0900. The normalized spacial score (nSPS) is 18.8. The molecule has 18 heavy (non-hydrogen) atoms. The Balaban J connectivity index is 2.53. The number of allylic oxidation sites excluding steroid dienone is 1. The smallest absolute Gasteiger partial charge is 0.333 e. The zero-order valence-electron chi connectivity index (χ0n) is 11.8. The molecule has 0 unspecified atom stereocenters. The molecule has 0 amide bonds. The minimum atomic E-state index is -0.183. The second kappa shape index (κ2) is 7.49. The van der Waals surface area contributed by atoms with Crippen molar-refractivity contribution in [2.75, 3.05) is 18.1 Å². The highest BCUT2D eigenvalue weighted by molar-refractivity contribution is 8.17. The number of carbonyl (C=O) groups is 1. The van der Waals surface area contributed by atoms with E-state index in [1.54, 1.807) is 0 Å². The molecule has 0 aromatic rings. The summed E-state index contributed by atoms with van der Waals surface area (Å²) in [7, 11) is 0. The van der Waals surface area contributed by atoms with Gasteiger partial charge in [0.15, 0.2) is 0 Å². The first-order valence-electron chi connectivity index (χ1n) is 6.54. The summed E-state index contributed by atoms with van der Waals surface area (Å²) in [5.41, 5.74) is 0.958. The van der Waals surface area contributed by atoms with Gasteiger partial charge in [-0.1, -0.05) is 19.9 Å². The molecule has 1 rings (SSSR count). The van der Waals surface area contributed by atoms with Crippen LogP contribution in [0.5, 0.6) is 0 Å². The molecule has 0 spiro atoms. The molecule has 0 atom stereocenters. The second-order valence-corrected chi connectivity index (χ2v) is 7.95. The first kappa shape index (κ1) is 16.0. The third-order valence-corrected chi connectivity index (χ3v) is 6.74. The highest BCUT2D eigenvalue weighted by atomic mass is 32.2. The lowest BCUT2D eigenvalue weighted by Crippen LogP contribution is -2.26. The number of hydrogen-bond acceptors (Lipinski definition) is 4. The molecule has 0 N–H and O–H groups in total. The molecule has 104 valence electrons. The van der Waals surface area contributed by atoms with E-state index >= 15 is 0 Å². The summed E-state index contributed by atoms with van der Waals surface area (Å²) in [4.78, 5) is 11.5. The molecular formula is C14H24O2S2. The summed E-state index contributed by atoms with van der Waals surface area (Å²) in [6.07, 6.45) is 4.29. The molecule has 0 aromatic carbocycles. The van der Waals surface area contributed by atoms with Gasteiger partial charge in [0.25, 0.3) is 0 Å². The number of esters is 1. The maximum absolute atomic E-state index is 11.5. The summed E-state index contributed by atoms with van der Waals surface area (Å²) in [6.45, 7) is 8.71. The average molecular weight is 288 g/mol. The SMILES string of the molecule is CCOC(=O)/C(C)=C/CC(C)(C)C1SCCCS1. The maximum atomic E-state index is 11.5. The van der Waals surface area contributed by atoms with Gasteiger partial charge in [-0.05, 0) is 43.6 Å². The summed E-state index contributed by atoms with van der Waals surface area (Å²) in [5, 5.41) is 0. The Morgan fingerprint density at radius 2 is 2.00 bits per heavy atom. The van der Waals surface area contributed by atoms with Crippen LogP contribution in [0, 0.1) is 5.41 Å². The van der Waals surface area contributed by atoms with Crippen molar-refractivity contribution in [1.82, 2.24) is 0 Å². The van der Waals surface area contributed by atoms with E-state index in [1.807, 2.05) is 19.9 Å². The molecule has 1 heterocycles. The molecule has 1 aliphatic rings. The van der Waals surface area contributed by atoms with E-state index < -0.39 is 0 Å². The standard InChI is InChI=1S/C14H24O2S2/c1-5-16-12(15)11(2)7-8-14(3,4)13-17-9-6-10-18-13/h7,13H,5-6,8-10H2,1-4H3/b11-7+. The molecule has 1 fully saturated rings. The monoisotopic (exact) mass is 288 g/mol. The van der Waals surface area contributed by atoms with Crippen LogP contribution in [-0.4, -0.2) is 28.7 Å². The highest BCUT2D eigenvalue weighted by Crippen LogP contribution is 2.44.